The van der Waals surface area contributed by atoms with Gasteiger partial charge in [0.15, 0.2) is 0 Å². The molecule has 4 nitrogen and oxygen atoms in total. The molecule has 1 saturated carbocycles. The lowest BCUT2D eigenvalue weighted by molar-refractivity contribution is -0.138. The first-order valence-electron chi connectivity index (χ1n) is 6.47. The van der Waals surface area contributed by atoms with Gasteiger partial charge in [0, 0.05) is 11.1 Å². The summed E-state index contributed by atoms with van der Waals surface area (Å²) < 4.78 is 13.8. The van der Waals surface area contributed by atoms with E-state index in [1.54, 1.807) is 0 Å². The second-order valence-corrected chi connectivity index (χ2v) is 5.33. The van der Waals surface area contributed by atoms with Crippen LogP contribution < -0.4 is 0 Å². The lowest BCUT2D eigenvalue weighted by Gasteiger charge is -2.27. The molecule has 108 valence electrons. The lowest BCUT2D eigenvalue weighted by atomic mass is 10.1. The van der Waals surface area contributed by atoms with Crippen LogP contribution in [0.3, 0.4) is 0 Å². The minimum atomic E-state index is -1.10. The van der Waals surface area contributed by atoms with Crippen LogP contribution in [0.5, 0.6) is 0 Å². The van der Waals surface area contributed by atoms with Gasteiger partial charge in [-0.1, -0.05) is 24.4 Å². The summed E-state index contributed by atoms with van der Waals surface area (Å²) in [6.45, 7) is -0.411. The Balaban J connectivity index is 2.27. The summed E-state index contributed by atoms with van der Waals surface area (Å²) in [5.41, 5.74) is -0.137. The molecule has 0 radical (unpaired) electrons. The maximum atomic E-state index is 13.8. The van der Waals surface area contributed by atoms with E-state index >= 15 is 0 Å². The van der Waals surface area contributed by atoms with Crippen LogP contribution in [-0.2, 0) is 4.79 Å². The molecule has 0 atom stereocenters. The molecule has 0 bridgehead atoms. The molecule has 2 rings (SSSR count). The monoisotopic (exact) mass is 299 g/mol. The number of amides is 1. The zero-order valence-corrected chi connectivity index (χ0v) is 11.6. The first-order valence-corrected chi connectivity index (χ1v) is 6.84. The molecule has 1 amide bonds. The van der Waals surface area contributed by atoms with Crippen molar-refractivity contribution >= 4 is 23.5 Å². The highest BCUT2D eigenvalue weighted by atomic mass is 35.5. The number of benzene rings is 1. The van der Waals surface area contributed by atoms with Crippen LogP contribution in [0, 0.1) is 5.82 Å². The molecule has 0 aliphatic heterocycles. The lowest BCUT2D eigenvalue weighted by Crippen LogP contribution is -2.42. The van der Waals surface area contributed by atoms with E-state index in [2.05, 4.69) is 0 Å². The molecule has 1 fully saturated rings. The molecule has 1 aromatic carbocycles. The van der Waals surface area contributed by atoms with Crippen LogP contribution in [0.4, 0.5) is 4.39 Å². The highest BCUT2D eigenvalue weighted by Crippen LogP contribution is 2.26. The molecule has 20 heavy (non-hydrogen) atoms. The maximum absolute atomic E-state index is 13.8. The first kappa shape index (κ1) is 14.8. The molecular weight excluding hydrogens is 285 g/mol. The normalized spacial score (nSPS) is 15.3. The fraction of sp³-hybridized carbons (Fsp3) is 0.429. The minimum Gasteiger partial charge on any atom is -0.480 e. The highest BCUT2D eigenvalue weighted by Gasteiger charge is 2.30. The Kier molecular flexibility index (Phi) is 4.60. The van der Waals surface area contributed by atoms with Crippen molar-refractivity contribution in [3.63, 3.8) is 0 Å². The Labute approximate surface area is 121 Å². The van der Waals surface area contributed by atoms with E-state index < -0.39 is 24.2 Å². The molecule has 0 saturated heterocycles. The zero-order chi connectivity index (χ0) is 14.7. The number of aliphatic carboxylic acids is 1. The number of hydrogen-bond donors (Lipinski definition) is 1. The molecule has 1 aliphatic rings. The summed E-state index contributed by atoms with van der Waals surface area (Å²) in [5, 5.41) is 9.14. The Morgan fingerprint density at radius 3 is 2.55 bits per heavy atom. The van der Waals surface area contributed by atoms with Gasteiger partial charge in [-0.3, -0.25) is 9.59 Å². The van der Waals surface area contributed by atoms with Gasteiger partial charge in [-0.25, -0.2) is 4.39 Å². The largest absolute Gasteiger partial charge is 0.480 e. The number of hydrogen-bond acceptors (Lipinski definition) is 2. The van der Waals surface area contributed by atoms with E-state index in [1.165, 1.54) is 17.0 Å². The van der Waals surface area contributed by atoms with E-state index in [1.807, 2.05) is 0 Å². The number of carbonyl (C=O) groups is 2. The van der Waals surface area contributed by atoms with E-state index in [9.17, 15) is 14.0 Å². The number of carboxylic acid groups (broad SMARTS) is 1. The van der Waals surface area contributed by atoms with Crippen molar-refractivity contribution in [2.24, 2.45) is 0 Å². The number of carboxylic acids is 1. The van der Waals surface area contributed by atoms with Crippen molar-refractivity contribution in [3.05, 3.63) is 34.6 Å². The predicted molar refractivity (Wildman–Crippen MR) is 72.3 cm³/mol. The summed E-state index contributed by atoms with van der Waals surface area (Å²) in [5.74, 6) is -2.41. The Bertz CT molecular complexity index is 529. The van der Waals surface area contributed by atoms with Gasteiger partial charge in [-0.05, 0) is 31.0 Å². The van der Waals surface area contributed by atoms with Gasteiger partial charge in [0.2, 0.25) is 0 Å². The Morgan fingerprint density at radius 1 is 1.35 bits per heavy atom. The second kappa shape index (κ2) is 6.22. The van der Waals surface area contributed by atoms with Gasteiger partial charge < -0.3 is 10.0 Å². The van der Waals surface area contributed by atoms with Gasteiger partial charge in [-0.2, -0.15) is 0 Å². The SMILES string of the molecule is O=C(O)CN(C(=O)c1ccc(Cl)cc1F)C1CCCC1. The molecule has 1 N–H and O–H groups in total. The summed E-state index contributed by atoms with van der Waals surface area (Å²) in [6, 6.07) is 3.64. The van der Waals surface area contributed by atoms with Gasteiger partial charge >= 0.3 is 5.97 Å². The molecule has 0 aromatic heterocycles. The average Bonchev–Trinajstić information content (AvgIpc) is 2.88. The van der Waals surface area contributed by atoms with Gasteiger partial charge in [0.25, 0.3) is 5.91 Å². The Morgan fingerprint density at radius 2 is 2.00 bits per heavy atom. The molecule has 1 aliphatic carbocycles. The van der Waals surface area contributed by atoms with E-state index in [0.29, 0.717) is 0 Å². The molecule has 0 unspecified atom stereocenters. The maximum Gasteiger partial charge on any atom is 0.323 e. The standard InChI is InChI=1S/C14H15ClFNO3/c15-9-5-6-11(12(16)7-9)14(20)17(8-13(18)19)10-3-1-2-4-10/h5-7,10H,1-4,8H2,(H,18,19). The summed E-state index contributed by atoms with van der Waals surface area (Å²) >= 11 is 5.65. The third-order valence-electron chi connectivity index (χ3n) is 3.49. The van der Waals surface area contributed by atoms with Crippen molar-refractivity contribution in [1.29, 1.82) is 0 Å². The molecule has 1 aromatic rings. The van der Waals surface area contributed by atoms with Crippen molar-refractivity contribution in [1.82, 2.24) is 4.90 Å². The number of halogens is 2. The van der Waals surface area contributed by atoms with Crippen molar-refractivity contribution < 1.29 is 19.1 Å². The van der Waals surface area contributed by atoms with Crippen LogP contribution >= 0.6 is 11.6 Å². The number of carbonyl (C=O) groups excluding carboxylic acids is 1. The van der Waals surface area contributed by atoms with Crippen LogP contribution in [0.15, 0.2) is 18.2 Å². The quantitative estimate of drug-likeness (QED) is 0.930. The Hall–Kier alpha value is -1.62. The van der Waals surface area contributed by atoms with Gasteiger partial charge in [0.05, 0.1) is 5.56 Å². The molecule has 6 heteroatoms. The van der Waals surface area contributed by atoms with Gasteiger partial charge in [0.1, 0.15) is 12.4 Å². The van der Waals surface area contributed by atoms with Crippen LogP contribution in [0.2, 0.25) is 5.02 Å². The second-order valence-electron chi connectivity index (χ2n) is 4.89. The zero-order valence-electron chi connectivity index (χ0n) is 10.8. The predicted octanol–water partition coefficient (Wildman–Crippen LogP) is 2.95. The van der Waals surface area contributed by atoms with Crippen LogP contribution in [-0.4, -0.2) is 34.5 Å². The molecule has 0 spiro atoms. The van der Waals surface area contributed by atoms with E-state index in [4.69, 9.17) is 16.7 Å². The van der Waals surface area contributed by atoms with Crippen molar-refractivity contribution in [3.8, 4) is 0 Å². The van der Waals surface area contributed by atoms with Crippen molar-refractivity contribution in [2.75, 3.05) is 6.54 Å². The number of rotatable bonds is 4. The third kappa shape index (κ3) is 3.28. The van der Waals surface area contributed by atoms with Crippen LogP contribution in [0.1, 0.15) is 36.0 Å². The fourth-order valence-corrected chi connectivity index (χ4v) is 2.70. The molecular formula is C14H15ClFNO3. The highest BCUT2D eigenvalue weighted by molar-refractivity contribution is 6.30. The van der Waals surface area contributed by atoms with E-state index in [0.717, 1.165) is 31.7 Å². The molecule has 0 heterocycles. The summed E-state index contributed by atoms with van der Waals surface area (Å²) in [7, 11) is 0. The van der Waals surface area contributed by atoms with E-state index in [-0.39, 0.29) is 16.6 Å². The first-order chi connectivity index (χ1) is 9.49. The smallest absolute Gasteiger partial charge is 0.323 e. The van der Waals surface area contributed by atoms with Gasteiger partial charge in [-0.15, -0.1) is 0 Å². The average molecular weight is 300 g/mol. The third-order valence-corrected chi connectivity index (χ3v) is 3.73. The fourth-order valence-electron chi connectivity index (χ4n) is 2.55. The van der Waals surface area contributed by atoms with Crippen LogP contribution in [0.25, 0.3) is 0 Å². The topological polar surface area (TPSA) is 57.6 Å². The van der Waals surface area contributed by atoms with Crippen molar-refractivity contribution in [2.45, 2.75) is 31.7 Å². The number of nitrogens with zero attached hydrogens (tertiary/aromatic N) is 1. The summed E-state index contributed by atoms with van der Waals surface area (Å²) in [6.07, 6.45) is 3.43. The minimum absolute atomic E-state index is 0.131. The summed E-state index contributed by atoms with van der Waals surface area (Å²) in [4.78, 5) is 24.6.